The SMILES string of the molecule is CCS(=O)(=O)c1ccc(OC(C)C)c(C(=O)N2Cc3cn(-c4ccccc4F)nc3C2)c1. The molecular weight excluding hydrogens is 433 g/mol. The molecule has 2 heterocycles. The molecule has 1 aliphatic heterocycles. The lowest BCUT2D eigenvalue weighted by Gasteiger charge is -2.20. The topological polar surface area (TPSA) is 81.5 Å². The lowest BCUT2D eigenvalue weighted by molar-refractivity contribution is 0.0742. The number of amides is 1. The third-order valence-electron chi connectivity index (χ3n) is 5.25. The Balaban J connectivity index is 1.63. The van der Waals surface area contributed by atoms with Crippen LogP contribution in [0.3, 0.4) is 0 Å². The first-order valence-electron chi connectivity index (χ1n) is 10.3. The van der Waals surface area contributed by atoms with E-state index in [2.05, 4.69) is 5.10 Å². The van der Waals surface area contributed by atoms with Crippen LogP contribution in [0.25, 0.3) is 5.69 Å². The highest BCUT2D eigenvalue weighted by atomic mass is 32.2. The van der Waals surface area contributed by atoms with Crippen molar-refractivity contribution in [2.45, 2.75) is 44.9 Å². The Morgan fingerprint density at radius 2 is 1.94 bits per heavy atom. The number of hydrogen-bond donors (Lipinski definition) is 0. The standard InChI is InChI=1S/C23H24FN3O4S/c1-4-32(29,30)17-9-10-22(31-15(2)3)18(11-17)23(28)26-12-16-13-27(25-20(16)14-26)21-8-6-5-7-19(21)24/h5-11,13,15H,4,12,14H2,1-3H3. The van der Waals surface area contributed by atoms with E-state index >= 15 is 0 Å². The van der Waals surface area contributed by atoms with Crippen molar-refractivity contribution < 1.29 is 22.3 Å². The molecule has 0 saturated heterocycles. The summed E-state index contributed by atoms with van der Waals surface area (Å²) in [4.78, 5) is 15.0. The van der Waals surface area contributed by atoms with Crippen LogP contribution in [0.5, 0.6) is 5.75 Å². The monoisotopic (exact) mass is 457 g/mol. The Kier molecular flexibility index (Phi) is 5.77. The van der Waals surface area contributed by atoms with Gasteiger partial charge in [-0.15, -0.1) is 0 Å². The van der Waals surface area contributed by atoms with Gasteiger partial charge in [0.25, 0.3) is 5.91 Å². The summed E-state index contributed by atoms with van der Waals surface area (Å²) >= 11 is 0. The second kappa shape index (κ2) is 8.38. The van der Waals surface area contributed by atoms with Gasteiger partial charge in [0.2, 0.25) is 0 Å². The predicted octanol–water partition coefficient (Wildman–Crippen LogP) is 3.75. The highest BCUT2D eigenvalue weighted by Crippen LogP contribution is 2.30. The smallest absolute Gasteiger partial charge is 0.258 e. The molecule has 9 heteroatoms. The van der Waals surface area contributed by atoms with Gasteiger partial charge in [0.05, 0.1) is 34.6 Å². The maximum absolute atomic E-state index is 14.1. The van der Waals surface area contributed by atoms with E-state index in [1.165, 1.54) is 28.9 Å². The maximum atomic E-state index is 14.1. The van der Waals surface area contributed by atoms with Crippen molar-refractivity contribution in [1.82, 2.24) is 14.7 Å². The van der Waals surface area contributed by atoms with E-state index in [0.29, 0.717) is 17.1 Å². The average molecular weight is 458 g/mol. The molecule has 4 rings (SSSR count). The fourth-order valence-corrected chi connectivity index (χ4v) is 4.53. The molecular formula is C23H24FN3O4S. The number of para-hydroxylation sites is 1. The van der Waals surface area contributed by atoms with Gasteiger partial charge in [0.1, 0.15) is 17.3 Å². The summed E-state index contributed by atoms with van der Waals surface area (Å²) in [5.74, 6) is -0.458. The molecule has 1 amide bonds. The summed E-state index contributed by atoms with van der Waals surface area (Å²) < 4.78 is 46.1. The average Bonchev–Trinajstić information content (AvgIpc) is 3.32. The summed E-state index contributed by atoms with van der Waals surface area (Å²) in [6.07, 6.45) is 1.53. The summed E-state index contributed by atoms with van der Waals surface area (Å²) in [6.45, 7) is 5.75. The van der Waals surface area contributed by atoms with Gasteiger partial charge in [-0.1, -0.05) is 19.1 Å². The molecule has 32 heavy (non-hydrogen) atoms. The van der Waals surface area contributed by atoms with E-state index in [1.807, 2.05) is 13.8 Å². The van der Waals surface area contributed by atoms with Gasteiger partial charge in [-0.25, -0.2) is 17.5 Å². The molecule has 168 valence electrons. The number of benzene rings is 2. The molecule has 0 atom stereocenters. The van der Waals surface area contributed by atoms with Crippen molar-refractivity contribution in [2.24, 2.45) is 0 Å². The minimum Gasteiger partial charge on any atom is -0.490 e. The van der Waals surface area contributed by atoms with Crippen LogP contribution < -0.4 is 4.74 Å². The van der Waals surface area contributed by atoms with Crippen LogP contribution in [0, 0.1) is 5.82 Å². The lowest BCUT2D eigenvalue weighted by atomic mass is 10.1. The maximum Gasteiger partial charge on any atom is 0.258 e. The molecule has 2 aromatic carbocycles. The fraction of sp³-hybridized carbons (Fsp3) is 0.304. The summed E-state index contributed by atoms with van der Waals surface area (Å²) in [5, 5.41) is 4.44. The van der Waals surface area contributed by atoms with Crippen molar-refractivity contribution in [1.29, 1.82) is 0 Å². The number of halogens is 1. The summed E-state index contributed by atoms with van der Waals surface area (Å²) in [5.41, 5.74) is 2.01. The predicted molar refractivity (Wildman–Crippen MR) is 117 cm³/mol. The molecule has 0 bridgehead atoms. The number of carbonyl (C=O) groups is 1. The minimum absolute atomic E-state index is 0.0652. The number of aromatic nitrogens is 2. The van der Waals surface area contributed by atoms with E-state index in [4.69, 9.17) is 4.74 Å². The minimum atomic E-state index is -3.48. The quantitative estimate of drug-likeness (QED) is 0.563. The molecule has 0 unspecified atom stereocenters. The van der Waals surface area contributed by atoms with Crippen LogP contribution in [0.2, 0.25) is 0 Å². The van der Waals surface area contributed by atoms with E-state index < -0.39 is 9.84 Å². The highest BCUT2D eigenvalue weighted by Gasteiger charge is 2.30. The third kappa shape index (κ3) is 4.12. The van der Waals surface area contributed by atoms with E-state index in [9.17, 15) is 17.6 Å². The van der Waals surface area contributed by atoms with Crippen molar-refractivity contribution in [3.05, 3.63) is 71.3 Å². The Labute approximate surface area is 186 Å². The van der Waals surface area contributed by atoms with Gasteiger partial charge >= 0.3 is 0 Å². The van der Waals surface area contributed by atoms with E-state index in [1.54, 1.807) is 36.2 Å². The molecule has 0 fully saturated rings. The van der Waals surface area contributed by atoms with Gasteiger partial charge in [-0.3, -0.25) is 4.79 Å². The first-order chi connectivity index (χ1) is 15.2. The largest absolute Gasteiger partial charge is 0.490 e. The van der Waals surface area contributed by atoms with E-state index in [0.717, 1.165) is 5.56 Å². The number of carbonyl (C=O) groups excluding carboxylic acids is 1. The van der Waals surface area contributed by atoms with Crippen LogP contribution in [-0.2, 0) is 22.9 Å². The van der Waals surface area contributed by atoms with Crippen LogP contribution in [0.4, 0.5) is 4.39 Å². The fourth-order valence-electron chi connectivity index (χ4n) is 3.62. The third-order valence-corrected chi connectivity index (χ3v) is 6.98. The van der Waals surface area contributed by atoms with Gasteiger partial charge < -0.3 is 9.64 Å². The Morgan fingerprint density at radius 1 is 1.19 bits per heavy atom. The molecule has 0 aliphatic carbocycles. The highest BCUT2D eigenvalue weighted by molar-refractivity contribution is 7.91. The normalized spacial score (nSPS) is 13.5. The van der Waals surface area contributed by atoms with Crippen molar-refractivity contribution in [3.63, 3.8) is 0 Å². The van der Waals surface area contributed by atoms with Gasteiger partial charge in [-0.2, -0.15) is 5.10 Å². The van der Waals surface area contributed by atoms with Crippen molar-refractivity contribution >= 4 is 15.7 Å². The number of hydrogen-bond acceptors (Lipinski definition) is 5. The zero-order chi connectivity index (χ0) is 23.0. The molecule has 1 aromatic heterocycles. The van der Waals surface area contributed by atoms with Gasteiger partial charge in [0, 0.05) is 18.3 Å². The van der Waals surface area contributed by atoms with Crippen molar-refractivity contribution in [2.75, 3.05) is 5.75 Å². The number of nitrogens with zero attached hydrogens (tertiary/aromatic N) is 3. The number of sulfone groups is 1. The molecule has 0 N–H and O–H groups in total. The molecule has 0 radical (unpaired) electrons. The number of fused-ring (bicyclic) bond motifs is 1. The number of rotatable bonds is 6. The van der Waals surface area contributed by atoms with Crippen LogP contribution in [-0.4, -0.2) is 40.9 Å². The molecule has 0 saturated carbocycles. The van der Waals surface area contributed by atoms with E-state index in [-0.39, 0.29) is 47.1 Å². The summed E-state index contributed by atoms with van der Waals surface area (Å²) in [7, 11) is -3.48. The van der Waals surface area contributed by atoms with Crippen LogP contribution in [0.1, 0.15) is 42.4 Å². The van der Waals surface area contributed by atoms with Crippen LogP contribution in [0.15, 0.2) is 53.6 Å². The molecule has 7 nitrogen and oxygen atoms in total. The lowest BCUT2D eigenvalue weighted by Crippen LogP contribution is -2.27. The zero-order valence-corrected chi connectivity index (χ0v) is 18.9. The molecule has 3 aromatic rings. The van der Waals surface area contributed by atoms with Crippen molar-refractivity contribution in [3.8, 4) is 11.4 Å². The number of ether oxygens (including phenoxy) is 1. The Morgan fingerprint density at radius 3 is 2.59 bits per heavy atom. The Hall–Kier alpha value is -3.20. The first kappa shape index (κ1) is 22.0. The van der Waals surface area contributed by atoms with Gasteiger partial charge in [0.15, 0.2) is 9.84 Å². The second-order valence-corrected chi connectivity index (χ2v) is 10.2. The Bertz CT molecular complexity index is 1260. The summed E-state index contributed by atoms with van der Waals surface area (Å²) in [6, 6.07) is 10.7. The first-order valence-corrected chi connectivity index (χ1v) is 12.0. The van der Waals surface area contributed by atoms with Crippen LogP contribution >= 0.6 is 0 Å². The molecule has 0 spiro atoms. The molecule has 1 aliphatic rings. The second-order valence-electron chi connectivity index (χ2n) is 7.89. The van der Waals surface area contributed by atoms with Gasteiger partial charge in [-0.05, 0) is 44.2 Å². The zero-order valence-electron chi connectivity index (χ0n) is 18.1.